The smallest absolute Gasteiger partial charge is 0.246 e. The summed E-state index contributed by atoms with van der Waals surface area (Å²) >= 11 is 0. The van der Waals surface area contributed by atoms with Gasteiger partial charge in [-0.05, 0) is 38.7 Å². The first-order chi connectivity index (χ1) is 13.0. The Bertz CT molecular complexity index is 958. The summed E-state index contributed by atoms with van der Waals surface area (Å²) in [4.78, 5) is 25.3. The van der Waals surface area contributed by atoms with Crippen molar-refractivity contribution in [2.45, 2.75) is 38.8 Å². The zero-order valence-corrected chi connectivity index (χ0v) is 15.5. The Morgan fingerprint density at radius 3 is 2.89 bits per heavy atom. The molecule has 0 aliphatic heterocycles. The molecule has 1 aliphatic rings. The molecule has 2 atom stereocenters. The van der Waals surface area contributed by atoms with Crippen molar-refractivity contribution in [2.24, 2.45) is 5.92 Å². The van der Waals surface area contributed by atoms with Gasteiger partial charge in [-0.2, -0.15) is 19.9 Å². The first-order valence-electron chi connectivity index (χ1n) is 9.07. The maximum Gasteiger partial charge on any atom is 0.246 e. The van der Waals surface area contributed by atoms with Crippen LogP contribution in [-0.2, 0) is 4.79 Å². The maximum absolute atomic E-state index is 11.7. The molecule has 2 unspecified atom stereocenters. The summed E-state index contributed by atoms with van der Waals surface area (Å²) in [5, 5.41) is 18.5. The summed E-state index contributed by atoms with van der Waals surface area (Å²) < 4.78 is 0. The lowest BCUT2D eigenvalue weighted by Gasteiger charge is -2.15. The van der Waals surface area contributed by atoms with E-state index in [0.717, 1.165) is 16.9 Å². The van der Waals surface area contributed by atoms with Crippen LogP contribution >= 0.6 is 0 Å². The lowest BCUT2D eigenvalue weighted by Crippen LogP contribution is -2.29. The minimum Gasteiger partial charge on any atom is -0.367 e. The molecule has 4 rings (SSSR count). The number of nitrogens with one attached hydrogen (secondary N) is 4. The lowest BCUT2D eigenvalue weighted by molar-refractivity contribution is -0.123. The molecule has 10 heteroatoms. The van der Waals surface area contributed by atoms with Crippen LogP contribution in [0.4, 0.5) is 17.6 Å². The minimum absolute atomic E-state index is 0.165. The largest absolute Gasteiger partial charge is 0.367 e. The maximum atomic E-state index is 11.7. The van der Waals surface area contributed by atoms with Gasteiger partial charge in [0, 0.05) is 19.3 Å². The first-order valence-corrected chi connectivity index (χ1v) is 9.07. The average molecular weight is 369 g/mol. The van der Waals surface area contributed by atoms with Crippen LogP contribution in [0, 0.1) is 5.92 Å². The molecule has 3 heterocycles. The van der Waals surface area contributed by atoms with E-state index in [1.54, 1.807) is 20.2 Å². The highest BCUT2D eigenvalue weighted by Crippen LogP contribution is 2.34. The lowest BCUT2D eigenvalue weighted by atomic mass is 10.2. The van der Waals surface area contributed by atoms with Crippen LogP contribution in [-0.4, -0.2) is 48.9 Å². The highest BCUT2D eigenvalue weighted by molar-refractivity contribution is 5.88. The van der Waals surface area contributed by atoms with E-state index in [4.69, 9.17) is 0 Å². The molecule has 0 spiro atoms. The van der Waals surface area contributed by atoms with Crippen molar-refractivity contribution in [3.8, 4) is 0 Å². The summed E-state index contributed by atoms with van der Waals surface area (Å²) in [7, 11) is 1.58. The van der Waals surface area contributed by atoms with Gasteiger partial charge < -0.3 is 20.9 Å². The van der Waals surface area contributed by atoms with Gasteiger partial charge in [0.05, 0.1) is 11.6 Å². The number of carbonyl (C=O) groups excluding carboxylic acids is 1. The Morgan fingerprint density at radius 1 is 1.33 bits per heavy atom. The molecule has 142 valence electrons. The fraction of sp³-hybridized carbons (Fsp3) is 0.471. The van der Waals surface area contributed by atoms with Crippen LogP contribution in [0.5, 0.6) is 0 Å². The number of fused-ring (bicyclic) bond motifs is 1. The van der Waals surface area contributed by atoms with Crippen LogP contribution in [0.3, 0.4) is 0 Å². The van der Waals surface area contributed by atoms with E-state index in [1.807, 2.05) is 12.3 Å². The number of nitrogens with zero attached hydrogens (tertiary/aromatic N) is 5. The number of rotatable bonds is 7. The Labute approximate surface area is 156 Å². The number of hydrogen-bond acceptors (Lipinski definition) is 7. The highest BCUT2D eigenvalue weighted by Gasteiger charge is 2.28. The Kier molecular flexibility index (Phi) is 4.38. The van der Waals surface area contributed by atoms with E-state index in [9.17, 15) is 4.79 Å². The Balaban J connectivity index is 1.57. The molecule has 1 saturated carbocycles. The third-order valence-electron chi connectivity index (χ3n) is 4.83. The van der Waals surface area contributed by atoms with E-state index >= 15 is 0 Å². The number of aromatic nitrogens is 6. The topological polar surface area (TPSA) is 125 Å². The normalized spacial score (nSPS) is 16.1. The van der Waals surface area contributed by atoms with Crippen molar-refractivity contribution in [3.63, 3.8) is 0 Å². The quantitative estimate of drug-likeness (QED) is 0.500. The van der Waals surface area contributed by atoms with Gasteiger partial charge in [0.2, 0.25) is 11.9 Å². The number of H-pyrrole nitrogens is 1. The number of anilines is 3. The first kappa shape index (κ1) is 17.3. The second-order valence-electron chi connectivity index (χ2n) is 6.87. The third kappa shape index (κ3) is 3.55. The highest BCUT2D eigenvalue weighted by atomic mass is 16.2. The molecule has 4 N–H and O–H groups in total. The van der Waals surface area contributed by atoms with Crippen LogP contribution < -0.4 is 16.0 Å². The Hall–Kier alpha value is -3.17. The molecular formula is C17H23N9O. The van der Waals surface area contributed by atoms with E-state index in [2.05, 4.69) is 48.0 Å². The van der Waals surface area contributed by atoms with Crippen LogP contribution in [0.25, 0.3) is 11.0 Å². The van der Waals surface area contributed by atoms with Crippen LogP contribution in [0.1, 0.15) is 32.7 Å². The van der Waals surface area contributed by atoms with Gasteiger partial charge in [0.25, 0.3) is 0 Å². The third-order valence-corrected chi connectivity index (χ3v) is 4.83. The summed E-state index contributed by atoms with van der Waals surface area (Å²) in [6, 6.07) is 1.82. The molecule has 0 bridgehead atoms. The van der Waals surface area contributed by atoms with Crippen molar-refractivity contribution < 1.29 is 4.79 Å². The van der Waals surface area contributed by atoms with Gasteiger partial charge in [-0.15, -0.1) is 5.10 Å². The number of aromatic amines is 1. The molecule has 1 fully saturated rings. The zero-order valence-electron chi connectivity index (χ0n) is 15.5. The minimum atomic E-state index is -0.506. The van der Waals surface area contributed by atoms with Gasteiger partial charge in [0.1, 0.15) is 17.5 Å². The zero-order chi connectivity index (χ0) is 19.0. The SMILES string of the molecule is CNC(=O)C(C)n1ncc(Nc2nc(NC(C)C3CC3)c3cc[nH]c3n2)n1. The predicted molar refractivity (Wildman–Crippen MR) is 102 cm³/mol. The van der Waals surface area contributed by atoms with Gasteiger partial charge in [-0.1, -0.05) is 0 Å². The summed E-state index contributed by atoms with van der Waals surface area (Å²) in [6.07, 6.45) is 5.90. The fourth-order valence-corrected chi connectivity index (χ4v) is 2.98. The van der Waals surface area contributed by atoms with Crippen molar-refractivity contribution >= 4 is 34.5 Å². The average Bonchev–Trinajstić information content (AvgIpc) is 3.24. The van der Waals surface area contributed by atoms with E-state index in [0.29, 0.717) is 23.7 Å². The number of likely N-dealkylation sites (N-methyl/N-ethyl adjacent to an activating group) is 1. The second-order valence-corrected chi connectivity index (χ2v) is 6.87. The standard InChI is InChI=1S/C17H23N9O/c1-9(11-4-5-11)21-15-12-6-7-19-14(12)23-17(24-15)22-13-8-20-26(25-13)10(2)16(27)18-3/h6-11H,4-5H2,1-3H3,(H,18,27)(H3,19,21,22,23,24,25). The van der Waals surface area contributed by atoms with Crippen LogP contribution in [0.2, 0.25) is 0 Å². The molecule has 0 saturated heterocycles. The molecule has 27 heavy (non-hydrogen) atoms. The van der Waals surface area contributed by atoms with Crippen molar-refractivity contribution in [1.29, 1.82) is 0 Å². The second kappa shape index (κ2) is 6.86. The molecule has 0 radical (unpaired) electrons. The summed E-state index contributed by atoms with van der Waals surface area (Å²) in [5.41, 5.74) is 0.740. The van der Waals surface area contributed by atoms with Gasteiger partial charge in [0.15, 0.2) is 5.82 Å². The monoisotopic (exact) mass is 369 g/mol. The summed E-state index contributed by atoms with van der Waals surface area (Å²) in [6.45, 7) is 3.91. The molecule has 1 aliphatic carbocycles. The molecule has 3 aromatic rings. The van der Waals surface area contributed by atoms with E-state index < -0.39 is 6.04 Å². The number of carbonyl (C=O) groups is 1. The molecule has 3 aromatic heterocycles. The molecular weight excluding hydrogens is 346 g/mol. The van der Waals surface area contributed by atoms with Gasteiger partial charge in [-0.3, -0.25) is 4.79 Å². The number of hydrogen-bond donors (Lipinski definition) is 4. The van der Waals surface area contributed by atoms with E-state index in [1.165, 1.54) is 17.6 Å². The molecule has 1 amide bonds. The Morgan fingerprint density at radius 2 is 2.15 bits per heavy atom. The predicted octanol–water partition coefficient (Wildman–Crippen LogP) is 1.81. The van der Waals surface area contributed by atoms with Crippen LogP contribution in [0.15, 0.2) is 18.5 Å². The fourth-order valence-electron chi connectivity index (χ4n) is 2.98. The van der Waals surface area contributed by atoms with E-state index in [-0.39, 0.29) is 5.91 Å². The van der Waals surface area contributed by atoms with Gasteiger partial charge in [-0.25, -0.2) is 0 Å². The van der Waals surface area contributed by atoms with Gasteiger partial charge >= 0.3 is 0 Å². The van der Waals surface area contributed by atoms with Crippen molar-refractivity contribution in [2.75, 3.05) is 17.7 Å². The summed E-state index contributed by atoms with van der Waals surface area (Å²) in [5.74, 6) is 2.21. The molecule has 10 nitrogen and oxygen atoms in total. The number of amides is 1. The molecule has 0 aromatic carbocycles. The van der Waals surface area contributed by atoms with Crippen molar-refractivity contribution in [1.82, 2.24) is 35.3 Å². The van der Waals surface area contributed by atoms with Crippen molar-refractivity contribution in [3.05, 3.63) is 18.5 Å².